The molecule has 0 saturated carbocycles. The maximum absolute atomic E-state index is 12.4. The van der Waals surface area contributed by atoms with E-state index in [1.807, 2.05) is 26.0 Å². The quantitative estimate of drug-likeness (QED) is 0.405. The van der Waals surface area contributed by atoms with E-state index in [0.29, 0.717) is 17.7 Å². The summed E-state index contributed by atoms with van der Waals surface area (Å²) in [5.41, 5.74) is -2.96. The lowest BCUT2D eigenvalue weighted by Crippen LogP contribution is -2.38. The number of carboxylic acid groups (broad SMARTS) is 1. The van der Waals surface area contributed by atoms with Gasteiger partial charge < -0.3 is 9.84 Å². The van der Waals surface area contributed by atoms with Gasteiger partial charge in [-0.1, -0.05) is 24.3 Å². The molecular weight excluding hydrogens is 417 g/mol. The van der Waals surface area contributed by atoms with Crippen molar-refractivity contribution < 1.29 is 32.6 Å². The van der Waals surface area contributed by atoms with Crippen molar-refractivity contribution in [2.45, 2.75) is 56.5 Å². The molecule has 0 spiro atoms. The summed E-state index contributed by atoms with van der Waals surface area (Å²) in [4.78, 5) is 23.7. The summed E-state index contributed by atoms with van der Waals surface area (Å²) in [6.45, 7) is 6.56. The summed E-state index contributed by atoms with van der Waals surface area (Å²) in [6.07, 6.45) is 0.646. The summed E-state index contributed by atoms with van der Waals surface area (Å²) in [7, 11) is 0. The third-order valence-corrected chi connectivity index (χ3v) is 5.18. The number of Topliss-reactive ketones (excluding diaryl/α,β-unsaturated/α-hetero) is 1. The van der Waals surface area contributed by atoms with E-state index in [9.17, 15) is 27.9 Å². The lowest BCUT2D eigenvalue weighted by Gasteiger charge is -2.24. The summed E-state index contributed by atoms with van der Waals surface area (Å²) < 4.78 is 42.8. The fraction of sp³-hybridized carbons (Fsp3) is 0.364. The molecule has 0 atom stereocenters. The van der Waals surface area contributed by atoms with Gasteiger partial charge in [-0.3, -0.25) is 4.79 Å². The maximum atomic E-state index is 12.4. The van der Waals surface area contributed by atoms with Crippen LogP contribution in [0.4, 0.5) is 13.2 Å². The molecule has 0 radical (unpaired) electrons. The number of aryl methyl sites for hydroxylation is 3. The normalized spacial score (nSPS) is 12.0. The van der Waals surface area contributed by atoms with E-state index in [1.165, 1.54) is 38.1 Å². The van der Waals surface area contributed by atoms with Crippen LogP contribution < -0.4 is 4.74 Å². The number of hydrogen-bond donors (Lipinski definition) is 1. The predicted molar refractivity (Wildman–Crippen MR) is 109 cm³/mol. The highest BCUT2D eigenvalue weighted by Crippen LogP contribution is 2.36. The Kier molecular flexibility index (Phi) is 7.23. The van der Waals surface area contributed by atoms with Gasteiger partial charge in [-0.2, -0.15) is 13.2 Å². The second-order valence-corrected chi connectivity index (χ2v) is 8.61. The second kappa shape index (κ2) is 9.12. The SMILES string of the molecule is Cc1cc(CCC(=O)c2ccc(SC(F)(F)F)cc2)cc(C)c1OC(C)(C)C(=O)O. The average molecular weight is 440 g/mol. The van der Waals surface area contributed by atoms with Crippen LogP contribution in [0, 0.1) is 13.8 Å². The van der Waals surface area contributed by atoms with Crippen molar-refractivity contribution in [1.29, 1.82) is 0 Å². The summed E-state index contributed by atoms with van der Waals surface area (Å²) >= 11 is -0.218. The topological polar surface area (TPSA) is 63.6 Å². The van der Waals surface area contributed by atoms with Gasteiger partial charge in [0.15, 0.2) is 11.4 Å². The molecule has 2 aromatic carbocycles. The fourth-order valence-electron chi connectivity index (χ4n) is 2.89. The van der Waals surface area contributed by atoms with Gasteiger partial charge in [0.05, 0.1) is 0 Å². The van der Waals surface area contributed by atoms with Crippen molar-refractivity contribution in [2.75, 3.05) is 0 Å². The van der Waals surface area contributed by atoms with E-state index in [4.69, 9.17) is 4.74 Å². The average Bonchev–Trinajstić information content (AvgIpc) is 2.62. The monoisotopic (exact) mass is 440 g/mol. The molecule has 0 heterocycles. The highest BCUT2D eigenvalue weighted by Gasteiger charge is 2.31. The summed E-state index contributed by atoms with van der Waals surface area (Å²) in [5, 5.41) is 9.25. The molecule has 2 rings (SSSR count). The Balaban J connectivity index is 2.05. The Bertz CT molecular complexity index is 911. The molecule has 0 unspecified atom stereocenters. The van der Waals surface area contributed by atoms with Crippen LogP contribution in [-0.4, -0.2) is 28.0 Å². The summed E-state index contributed by atoms with van der Waals surface area (Å²) in [5.74, 6) is -0.743. The van der Waals surface area contributed by atoms with Crippen LogP contribution in [0.1, 0.15) is 47.3 Å². The number of alkyl halides is 3. The molecule has 0 amide bonds. The minimum absolute atomic E-state index is 0.0326. The van der Waals surface area contributed by atoms with Crippen molar-refractivity contribution in [3.63, 3.8) is 0 Å². The third kappa shape index (κ3) is 6.52. The fourth-order valence-corrected chi connectivity index (χ4v) is 3.43. The lowest BCUT2D eigenvalue weighted by atomic mass is 9.98. The van der Waals surface area contributed by atoms with Gasteiger partial charge in [0.25, 0.3) is 0 Å². The number of halogens is 3. The van der Waals surface area contributed by atoms with Gasteiger partial charge in [-0.15, -0.1) is 0 Å². The van der Waals surface area contributed by atoms with Crippen LogP contribution in [0.25, 0.3) is 0 Å². The number of ether oxygens (including phenoxy) is 1. The van der Waals surface area contributed by atoms with Crippen LogP contribution in [0.3, 0.4) is 0 Å². The highest BCUT2D eigenvalue weighted by atomic mass is 32.2. The van der Waals surface area contributed by atoms with Crippen LogP contribution >= 0.6 is 11.8 Å². The molecule has 0 fully saturated rings. The standard InChI is InChI=1S/C22H23F3O4S/c1-13-11-15(12-14(2)19(13)29-21(3,4)20(27)28)5-10-18(26)16-6-8-17(9-7-16)30-22(23,24)25/h6-9,11-12H,5,10H2,1-4H3,(H,27,28). The molecular formula is C22H23F3O4S. The van der Waals surface area contributed by atoms with Gasteiger partial charge in [-0.25, -0.2) is 4.79 Å². The smallest absolute Gasteiger partial charge is 0.446 e. The van der Waals surface area contributed by atoms with Gasteiger partial charge in [0.1, 0.15) is 5.75 Å². The number of hydrogen-bond acceptors (Lipinski definition) is 4. The van der Waals surface area contributed by atoms with Crippen molar-refractivity contribution in [3.05, 3.63) is 58.7 Å². The van der Waals surface area contributed by atoms with E-state index in [-0.39, 0.29) is 28.9 Å². The molecule has 0 bridgehead atoms. The number of aliphatic carboxylic acids is 1. The van der Waals surface area contributed by atoms with Crippen molar-refractivity contribution in [1.82, 2.24) is 0 Å². The summed E-state index contributed by atoms with van der Waals surface area (Å²) in [6, 6.07) is 9.06. The molecule has 4 nitrogen and oxygen atoms in total. The van der Waals surface area contributed by atoms with Gasteiger partial charge in [-0.05, 0) is 74.7 Å². The first-order valence-corrected chi connectivity index (χ1v) is 10.0. The van der Waals surface area contributed by atoms with Gasteiger partial charge in [0.2, 0.25) is 0 Å². The van der Waals surface area contributed by atoms with Crippen molar-refractivity contribution in [3.8, 4) is 5.75 Å². The minimum Gasteiger partial charge on any atom is -0.478 e. The molecule has 0 aliphatic carbocycles. The molecule has 162 valence electrons. The van der Waals surface area contributed by atoms with E-state index in [0.717, 1.165) is 16.7 Å². The third-order valence-electron chi connectivity index (χ3n) is 4.44. The van der Waals surface area contributed by atoms with E-state index >= 15 is 0 Å². The van der Waals surface area contributed by atoms with Crippen LogP contribution in [0.15, 0.2) is 41.3 Å². The second-order valence-electron chi connectivity index (χ2n) is 7.47. The lowest BCUT2D eigenvalue weighted by molar-refractivity contribution is -0.152. The van der Waals surface area contributed by atoms with E-state index < -0.39 is 17.1 Å². The maximum Gasteiger partial charge on any atom is 0.446 e. The molecule has 1 N–H and O–H groups in total. The molecule has 0 aliphatic rings. The molecule has 2 aromatic rings. The van der Waals surface area contributed by atoms with Gasteiger partial charge in [0, 0.05) is 16.9 Å². The molecule has 30 heavy (non-hydrogen) atoms. The Hall–Kier alpha value is -2.48. The molecule has 0 aromatic heterocycles. The Labute approximate surface area is 177 Å². The van der Waals surface area contributed by atoms with Crippen LogP contribution in [-0.2, 0) is 11.2 Å². The number of thioether (sulfide) groups is 1. The largest absolute Gasteiger partial charge is 0.478 e. The predicted octanol–water partition coefficient (Wildman–Crippen LogP) is 5.97. The zero-order chi connectivity index (χ0) is 22.7. The zero-order valence-corrected chi connectivity index (χ0v) is 17.9. The minimum atomic E-state index is -4.36. The van der Waals surface area contributed by atoms with Gasteiger partial charge >= 0.3 is 11.5 Å². The zero-order valence-electron chi connectivity index (χ0n) is 17.1. The first kappa shape index (κ1) is 23.8. The Morgan fingerprint density at radius 2 is 1.57 bits per heavy atom. The van der Waals surface area contributed by atoms with Crippen LogP contribution in [0.5, 0.6) is 5.75 Å². The number of ketones is 1. The number of rotatable bonds is 8. The number of carbonyl (C=O) groups excluding carboxylic acids is 1. The first-order chi connectivity index (χ1) is 13.8. The van der Waals surface area contributed by atoms with E-state index in [1.54, 1.807) is 0 Å². The van der Waals surface area contributed by atoms with E-state index in [2.05, 4.69) is 0 Å². The molecule has 8 heteroatoms. The molecule has 0 saturated heterocycles. The number of benzene rings is 2. The first-order valence-electron chi connectivity index (χ1n) is 9.20. The Morgan fingerprint density at radius 3 is 2.03 bits per heavy atom. The molecule has 0 aliphatic heterocycles. The van der Waals surface area contributed by atoms with Crippen LogP contribution in [0.2, 0.25) is 0 Å². The Morgan fingerprint density at radius 1 is 1.03 bits per heavy atom. The number of carbonyl (C=O) groups is 2. The van der Waals surface area contributed by atoms with Crippen molar-refractivity contribution in [2.24, 2.45) is 0 Å². The number of carboxylic acids is 1. The van der Waals surface area contributed by atoms with Crippen molar-refractivity contribution >= 4 is 23.5 Å². The highest BCUT2D eigenvalue weighted by molar-refractivity contribution is 8.00.